The van der Waals surface area contributed by atoms with E-state index in [0.717, 1.165) is 38.7 Å². The van der Waals surface area contributed by atoms with Gasteiger partial charge in [0.15, 0.2) is 0 Å². The number of nitrogens with zero attached hydrogens (tertiary/aromatic N) is 5. The average molecular weight is 319 g/mol. The number of amides is 1. The second kappa shape index (κ2) is 7.23. The van der Waals surface area contributed by atoms with Gasteiger partial charge in [-0.3, -0.25) is 9.69 Å². The first-order valence-corrected chi connectivity index (χ1v) is 8.29. The second-order valence-corrected chi connectivity index (χ2v) is 6.34. The van der Waals surface area contributed by atoms with Crippen molar-refractivity contribution in [3.8, 4) is 0 Å². The Kier molecular flexibility index (Phi) is 5.07. The van der Waals surface area contributed by atoms with E-state index in [1.54, 1.807) is 12.4 Å². The van der Waals surface area contributed by atoms with Crippen molar-refractivity contribution in [3.05, 3.63) is 18.5 Å². The molecule has 0 N–H and O–H groups in total. The Bertz CT molecular complexity index is 518. The molecule has 7 nitrogen and oxygen atoms in total. The van der Waals surface area contributed by atoms with E-state index in [-0.39, 0.29) is 12.0 Å². The molecule has 0 spiro atoms. The molecule has 3 rings (SSSR count). The van der Waals surface area contributed by atoms with Gasteiger partial charge in [0, 0.05) is 51.2 Å². The van der Waals surface area contributed by atoms with Gasteiger partial charge in [-0.1, -0.05) is 0 Å². The maximum atomic E-state index is 12.6. The molecule has 0 radical (unpaired) electrons. The monoisotopic (exact) mass is 319 g/mol. The molecule has 2 aliphatic heterocycles. The molecule has 2 saturated heterocycles. The Morgan fingerprint density at radius 2 is 1.91 bits per heavy atom. The van der Waals surface area contributed by atoms with E-state index in [1.807, 2.05) is 11.0 Å². The third-order valence-corrected chi connectivity index (χ3v) is 4.54. The van der Waals surface area contributed by atoms with Crippen LogP contribution in [0.2, 0.25) is 0 Å². The van der Waals surface area contributed by atoms with Crippen LogP contribution in [0.3, 0.4) is 0 Å². The van der Waals surface area contributed by atoms with Crippen LogP contribution >= 0.6 is 0 Å². The number of hydrogen-bond donors (Lipinski definition) is 0. The molecule has 1 aromatic heterocycles. The molecule has 126 valence electrons. The summed E-state index contributed by atoms with van der Waals surface area (Å²) in [5.41, 5.74) is 0. The average Bonchev–Trinajstić information content (AvgIpc) is 2.59. The molecule has 1 aromatic rings. The van der Waals surface area contributed by atoms with Gasteiger partial charge >= 0.3 is 0 Å². The number of rotatable bonds is 3. The largest absolute Gasteiger partial charge is 0.376 e. The highest BCUT2D eigenvalue weighted by Crippen LogP contribution is 2.13. The number of piperazine rings is 1. The van der Waals surface area contributed by atoms with Crippen molar-refractivity contribution in [2.75, 3.05) is 50.8 Å². The molecule has 7 heteroatoms. The van der Waals surface area contributed by atoms with E-state index in [2.05, 4.69) is 33.6 Å². The molecule has 23 heavy (non-hydrogen) atoms. The van der Waals surface area contributed by atoms with Gasteiger partial charge in [0.25, 0.3) is 0 Å². The number of carbonyl (C=O) groups excluding carboxylic acids is 1. The molecule has 0 aromatic carbocycles. The molecule has 0 saturated carbocycles. The molecule has 3 heterocycles. The van der Waals surface area contributed by atoms with Crippen LogP contribution in [-0.4, -0.2) is 83.7 Å². The number of aromatic nitrogens is 2. The summed E-state index contributed by atoms with van der Waals surface area (Å²) in [6.07, 6.45) is 3.70. The van der Waals surface area contributed by atoms with E-state index in [0.29, 0.717) is 19.2 Å². The van der Waals surface area contributed by atoms with Crippen molar-refractivity contribution < 1.29 is 9.53 Å². The predicted octanol–water partition coefficient (Wildman–Crippen LogP) is 0.234. The minimum absolute atomic E-state index is 0.200. The number of morpholine rings is 1. The summed E-state index contributed by atoms with van der Waals surface area (Å²) in [7, 11) is 0. The first-order valence-electron chi connectivity index (χ1n) is 8.29. The van der Waals surface area contributed by atoms with Gasteiger partial charge in [-0.25, -0.2) is 9.97 Å². The van der Waals surface area contributed by atoms with Crippen molar-refractivity contribution in [1.82, 2.24) is 19.8 Å². The molecule has 2 fully saturated rings. The van der Waals surface area contributed by atoms with Crippen LogP contribution in [0.5, 0.6) is 0 Å². The fraction of sp³-hybridized carbons (Fsp3) is 0.688. The number of carbonyl (C=O) groups is 1. The van der Waals surface area contributed by atoms with Crippen molar-refractivity contribution in [3.63, 3.8) is 0 Å². The number of ether oxygens (including phenoxy) is 1. The molecule has 1 amide bonds. The normalized spacial score (nSPS) is 26.3. The smallest absolute Gasteiger partial charge is 0.236 e. The zero-order valence-corrected chi connectivity index (χ0v) is 13.9. The molecule has 2 aliphatic rings. The summed E-state index contributed by atoms with van der Waals surface area (Å²) in [4.78, 5) is 27.4. The molecule has 0 aliphatic carbocycles. The van der Waals surface area contributed by atoms with Gasteiger partial charge in [0.1, 0.15) is 0 Å². The first kappa shape index (κ1) is 16.1. The summed E-state index contributed by atoms with van der Waals surface area (Å²) in [6.45, 7) is 9.20. The molecule has 0 unspecified atom stereocenters. The quantitative estimate of drug-likeness (QED) is 0.795. The van der Waals surface area contributed by atoms with Gasteiger partial charge in [-0.05, 0) is 19.9 Å². The third kappa shape index (κ3) is 3.97. The fourth-order valence-electron chi connectivity index (χ4n) is 3.08. The van der Waals surface area contributed by atoms with Crippen molar-refractivity contribution >= 4 is 11.9 Å². The minimum Gasteiger partial charge on any atom is -0.376 e. The lowest BCUT2D eigenvalue weighted by molar-refractivity contribution is -0.136. The van der Waals surface area contributed by atoms with Gasteiger partial charge < -0.3 is 14.5 Å². The zero-order chi connectivity index (χ0) is 16.2. The Balaban J connectivity index is 1.50. The van der Waals surface area contributed by atoms with E-state index < -0.39 is 0 Å². The van der Waals surface area contributed by atoms with E-state index in [9.17, 15) is 4.79 Å². The second-order valence-electron chi connectivity index (χ2n) is 6.34. The maximum absolute atomic E-state index is 12.6. The topological polar surface area (TPSA) is 61.8 Å². The van der Waals surface area contributed by atoms with Crippen molar-refractivity contribution in [2.45, 2.75) is 26.0 Å². The van der Waals surface area contributed by atoms with Crippen LogP contribution in [0, 0.1) is 0 Å². The lowest BCUT2D eigenvalue weighted by Gasteiger charge is -2.39. The van der Waals surface area contributed by atoms with E-state index in [4.69, 9.17) is 4.74 Å². The highest BCUT2D eigenvalue weighted by atomic mass is 16.5. The summed E-state index contributed by atoms with van der Waals surface area (Å²) < 4.78 is 5.62. The van der Waals surface area contributed by atoms with Crippen LogP contribution in [-0.2, 0) is 9.53 Å². The summed E-state index contributed by atoms with van der Waals surface area (Å²) in [6, 6.07) is 2.11. The van der Waals surface area contributed by atoms with E-state index in [1.165, 1.54) is 0 Å². The lowest BCUT2D eigenvalue weighted by atomic mass is 10.2. The first-order chi connectivity index (χ1) is 11.1. The third-order valence-electron chi connectivity index (χ3n) is 4.54. The van der Waals surface area contributed by atoms with Gasteiger partial charge in [0.05, 0.1) is 19.3 Å². The maximum Gasteiger partial charge on any atom is 0.236 e. The van der Waals surface area contributed by atoms with Crippen molar-refractivity contribution in [2.24, 2.45) is 0 Å². The summed E-state index contributed by atoms with van der Waals surface area (Å²) in [5.74, 6) is 0.954. The highest BCUT2D eigenvalue weighted by molar-refractivity contribution is 5.78. The highest BCUT2D eigenvalue weighted by Gasteiger charge is 2.28. The van der Waals surface area contributed by atoms with Crippen LogP contribution < -0.4 is 4.90 Å². The Labute approximate surface area is 137 Å². The molecular weight excluding hydrogens is 294 g/mol. The SMILES string of the molecule is C[C@@H]1CN(CC(=O)N2CCN(c3ncccn3)CC2)[C@@H](C)CO1. The van der Waals surface area contributed by atoms with Crippen molar-refractivity contribution in [1.29, 1.82) is 0 Å². The standard InChI is InChI=1S/C16H25N5O2/c1-13-12-23-14(2)10-21(13)11-15(22)19-6-8-20(9-7-19)16-17-4-3-5-18-16/h3-5,13-14H,6-12H2,1-2H3/t13-,14+/m0/s1. The Hall–Kier alpha value is -1.73. The van der Waals surface area contributed by atoms with Gasteiger partial charge in [0.2, 0.25) is 11.9 Å². The van der Waals surface area contributed by atoms with Gasteiger partial charge in [-0.2, -0.15) is 0 Å². The van der Waals surface area contributed by atoms with Crippen LogP contribution in [0.1, 0.15) is 13.8 Å². The molecule has 2 atom stereocenters. The van der Waals surface area contributed by atoms with Gasteiger partial charge in [-0.15, -0.1) is 0 Å². The van der Waals surface area contributed by atoms with E-state index >= 15 is 0 Å². The number of hydrogen-bond acceptors (Lipinski definition) is 6. The predicted molar refractivity (Wildman–Crippen MR) is 87.3 cm³/mol. The molecule has 0 bridgehead atoms. The lowest BCUT2D eigenvalue weighted by Crippen LogP contribution is -2.55. The molecular formula is C16H25N5O2. The summed E-state index contributed by atoms with van der Waals surface area (Å²) in [5, 5.41) is 0. The van der Waals surface area contributed by atoms with Crippen LogP contribution in [0.25, 0.3) is 0 Å². The number of anilines is 1. The summed E-state index contributed by atoms with van der Waals surface area (Å²) >= 11 is 0. The van der Waals surface area contributed by atoms with Crippen LogP contribution in [0.4, 0.5) is 5.95 Å². The Morgan fingerprint density at radius 3 is 2.61 bits per heavy atom. The fourth-order valence-corrected chi connectivity index (χ4v) is 3.08. The van der Waals surface area contributed by atoms with Crippen LogP contribution in [0.15, 0.2) is 18.5 Å². The Morgan fingerprint density at radius 1 is 1.22 bits per heavy atom. The minimum atomic E-state index is 0.200. The zero-order valence-electron chi connectivity index (χ0n) is 13.9.